The number of nitrogens with one attached hydrogen (secondary N) is 1. The number of rotatable bonds is 10. The van der Waals surface area contributed by atoms with Crippen molar-refractivity contribution in [2.24, 2.45) is 13.0 Å². The molecule has 234 valence electrons. The van der Waals surface area contributed by atoms with Crippen LogP contribution in [0.5, 0.6) is 11.5 Å². The molecule has 15 heteroatoms. The number of sulfonamides is 2. The van der Waals surface area contributed by atoms with E-state index in [9.17, 15) is 26.7 Å². The largest absolute Gasteiger partial charge is 0.497 e. The van der Waals surface area contributed by atoms with Gasteiger partial charge in [-0.2, -0.15) is 4.31 Å². The Morgan fingerprint density at radius 2 is 1.88 bits per heavy atom. The minimum Gasteiger partial charge on any atom is -0.497 e. The smallest absolute Gasteiger partial charge is 0.261 e. The molecular weight excluding hydrogens is 598 g/mol. The van der Waals surface area contributed by atoms with E-state index < -0.39 is 32.2 Å². The summed E-state index contributed by atoms with van der Waals surface area (Å²) >= 11 is 0. The fourth-order valence-electron chi connectivity index (χ4n) is 4.71. The molecule has 0 radical (unpaired) electrons. The number of hydrogen-bond donors (Lipinski definition) is 2. The number of aryl methyl sites for hydroxylation is 1. The highest BCUT2D eigenvalue weighted by molar-refractivity contribution is 7.92. The van der Waals surface area contributed by atoms with Crippen LogP contribution < -0.4 is 14.2 Å². The summed E-state index contributed by atoms with van der Waals surface area (Å²) in [6, 6.07) is 10.0. The Labute approximate surface area is 252 Å². The van der Waals surface area contributed by atoms with Crippen LogP contribution in [0.4, 0.5) is 5.69 Å². The summed E-state index contributed by atoms with van der Waals surface area (Å²) in [5, 5.41) is 9.77. The molecule has 0 spiro atoms. The zero-order valence-electron chi connectivity index (χ0n) is 24.7. The number of anilines is 1. The van der Waals surface area contributed by atoms with Gasteiger partial charge in [0.2, 0.25) is 5.91 Å². The number of fused-ring (bicyclic) bond motifs is 1. The molecule has 3 atom stereocenters. The summed E-state index contributed by atoms with van der Waals surface area (Å²) in [6.07, 6.45) is 1.98. The van der Waals surface area contributed by atoms with Gasteiger partial charge in [0.05, 0.1) is 43.9 Å². The van der Waals surface area contributed by atoms with Crippen LogP contribution in [-0.4, -0.2) is 92.6 Å². The van der Waals surface area contributed by atoms with E-state index in [0.29, 0.717) is 17.1 Å². The highest BCUT2D eigenvalue weighted by atomic mass is 32.2. The average molecular weight is 636 g/mol. The molecule has 3 aromatic rings. The van der Waals surface area contributed by atoms with Crippen molar-refractivity contribution in [2.45, 2.75) is 42.3 Å². The van der Waals surface area contributed by atoms with Crippen molar-refractivity contribution >= 4 is 31.6 Å². The number of carbonyl (C=O) groups is 1. The second-order valence-corrected chi connectivity index (χ2v) is 14.3. The molecule has 4 rings (SSSR count). The van der Waals surface area contributed by atoms with E-state index in [1.807, 2.05) is 6.92 Å². The Hall–Kier alpha value is -3.66. The van der Waals surface area contributed by atoms with Gasteiger partial charge in [-0.05, 0) is 49.4 Å². The Balaban J connectivity index is 1.67. The van der Waals surface area contributed by atoms with Crippen LogP contribution in [0.15, 0.2) is 64.9 Å². The molecular formula is C28H37N5O8S2. The van der Waals surface area contributed by atoms with Gasteiger partial charge in [0.15, 0.2) is 5.03 Å². The summed E-state index contributed by atoms with van der Waals surface area (Å²) in [4.78, 5) is 19.0. The standard InChI is InChI=1S/C28H37N5O8S2/c1-19-14-33(20(2)17-34)28(35)13-21-12-22(30-42(36,37)24-9-7-23(40-5)8-10-24)6-11-25(21)41-26(19)15-32(4)43(38,39)27-16-31(3)18-29-27/h6-12,16,18-20,26,30,34H,13-15,17H2,1-5H3/t19-,20+,26+/m1/s1. The molecule has 2 heterocycles. The Morgan fingerprint density at radius 1 is 1.19 bits per heavy atom. The van der Waals surface area contributed by atoms with Gasteiger partial charge in [0.25, 0.3) is 20.0 Å². The lowest BCUT2D eigenvalue weighted by molar-refractivity contribution is -0.134. The number of amides is 1. The van der Waals surface area contributed by atoms with Gasteiger partial charge in [0.1, 0.15) is 17.6 Å². The zero-order valence-corrected chi connectivity index (χ0v) is 26.3. The van der Waals surface area contributed by atoms with Crippen molar-refractivity contribution in [3.05, 3.63) is 60.6 Å². The molecule has 1 aliphatic heterocycles. The molecule has 1 amide bonds. The van der Waals surface area contributed by atoms with E-state index in [1.165, 1.54) is 72.5 Å². The molecule has 0 saturated carbocycles. The minimum absolute atomic E-state index is 0.0261. The quantitative estimate of drug-likeness (QED) is 0.338. The molecule has 1 aromatic heterocycles. The number of hydrogen-bond acceptors (Lipinski definition) is 9. The lowest BCUT2D eigenvalue weighted by atomic mass is 10.0. The normalized spacial score (nSPS) is 18.7. The van der Waals surface area contributed by atoms with Gasteiger partial charge in [-0.3, -0.25) is 9.52 Å². The molecule has 2 aromatic carbocycles. The number of benzene rings is 2. The summed E-state index contributed by atoms with van der Waals surface area (Å²) in [5.41, 5.74) is 0.621. The predicted octanol–water partition coefficient (Wildman–Crippen LogP) is 1.70. The number of aliphatic hydroxyl groups excluding tert-OH is 1. The number of ether oxygens (including phenoxy) is 2. The van der Waals surface area contributed by atoms with Crippen LogP contribution in [0.25, 0.3) is 0 Å². The van der Waals surface area contributed by atoms with Crippen molar-refractivity contribution in [2.75, 3.05) is 38.6 Å². The number of imidazole rings is 1. The summed E-state index contributed by atoms with van der Waals surface area (Å²) < 4.78 is 69.3. The van der Waals surface area contributed by atoms with Gasteiger partial charge in [-0.1, -0.05) is 6.92 Å². The first-order chi connectivity index (χ1) is 20.2. The number of methoxy groups -OCH3 is 1. The molecule has 13 nitrogen and oxygen atoms in total. The van der Waals surface area contributed by atoms with Gasteiger partial charge in [-0.25, -0.2) is 21.8 Å². The van der Waals surface area contributed by atoms with E-state index in [1.54, 1.807) is 20.0 Å². The van der Waals surface area contributed by atoms with E-state index >= 15 is 0 Å². The lowest BCUT2D eigenvalue weighted by Gasteiger charge is -2.33. The molecule has 0 saturated heterocycles. The molecule has 0 fully saturated rings. The summed E-state index contributed by atoms with van der Waals surface area (Å²) in [7, 11) is -3.31. The predicted molar refractivity (Wildman–Crippen MR) is 159 cm³/mol. The van der Waals surface area contributed by atoms with Crippen molar-refractivity contribution in [1.29, 1.82) is 0 Å². The first kappa shape index (κ1) is 32.3. The lowest BCUT2D eigenvalue weighted by Crippen LogP contribution is -2.48. The van der Waals surface area contributed by atoms with Crippen molar-refractivity contribution in [1.82, 2.24) is 18.8 Å². The molecule has 1 aliphatic rings. The zero-order chi connectivity index (χ0) is 31.5. The second kappa shape index (κ2) is 12.9. The molecule has 0 bridgehead atoms. The molecule has 43 heavy (non-hydrogen) atoms. The van der Waals surface area contributed by atoms with Crippen molar-refractivity contribution in [3.63, 3.8) is 0 Å². The monoisotopic (exact) mass is 635 g/mol. The number of aromatic nitrogens is 2. The molecule has 0 aliphatic carbocycles. The first-order valence-electron chi connectivity index (χ1n) is 13.6. The Kier molecular flexibility index (Phi) is 9.69. The number of aliphatic hydroxyl groups is 1. The maximum Gasteiger partial charge on any atom is 0.261 e. The second-order valence-electron chi connectivity index (χ2n) is 10.7. The maximum atomic E-state index is 13.5. The topological polar surface area (TPSA) is 160 Å². The highest BCUT2D eigenvalue weighted by Gasteiger charge is 2.34. The number of nitrogens with zero attached hydrogens (tertiary/aromatic N) is 4. The van der Waals surface area contributed by atoms with Crippen LogP contribution in [0.1, 0.15) is 19.4 Å². The van der Waals surface area contributed by atoms with Gasteiger partial charge >= 0.3 is 0 Å². The van der Waals surface area contributed by atoms with E-state index in [-0.39, 0.29) is 53.6 Å². The van der Waals surface area contributed by atoms with Gasteiger partial charge in [0, 0.05) is 44.0 Å². The van der Waals surface area contributed by atoms with Crippen molar-refractivity contribution in [3.8, 4) is 11.5 Å². The SMILES string of the molecule is COc1ccc(S(=O)(=O)Nc2ccc3c(c2)CC(=O)N([C@@H](C)CO)C[C@@H](C)[C@H](CN(C)S(=O)(=O)c2cn(C)cn2)O3)cc1. The first-order valence-corrected chi connectivity index (χ1v) is 16.5. The highest BCUT2D eigenvalue weighted by Crippen LogP contribution is 2.31. The third kappa shape index (κ3) is 7.29. The van der Waals surface area contributed by atoms with Crippen molar-refractivity contribution < 1.29 is 36.2 Å². The fraction of sp³-hybridized carbons (Fsp3) is 0.429. The Bertz CT molecular complexity index is 1660. The number of likely N-dealkylation sites (N-methyl/N-ethyl adjacent to an activating group) is 1. The van der Waals surface area contributed by atoms with Gasteiger partial charge < -0.3 is 24.0 Å². The molecule has 2 N–H and O–H groups in total. The van der Waals surface area contributed by atoms with E-state index in [0.717, 1.165) is 4.31 Å². The summed E-state index contributed by atoms with van der Waals surface area (Å²) in [6.45, 7) is 3.44. The van der Waals surface area contributed by atoms with Gasteiger partial charge in [-0.15, -0.1) is 0 Å². The van der Waals surface area contributed by atoms with Crippen LogP contribution in [0.2, 0.25) is 0 Å². The average Bonchev–Trinajstić information content (AvgIpc) is 3.43. The van der Waals surface area contributed by atoms with Crippen LogP contribution >= 0.6 is 0 Å². The third-order valence-corrected chi connectivity index (χ3v) is 10.4. The maximum absolute atomic E-state index is 13.5. The Morgan fingerprint density at radius 3 is 2.49 bits per heavy atom. The fourth-order valence-corrected chi connectivity index (χ4v) is 6.90. The van der Waals surface area contributed by atoms with Crippen LogP contribution in [0, 0.1) is 5.92 Å². The number of carbonyl (C=O) groups excluding carboxylic acids is 1. The van der Waals surface area contributed by atoms with E-state index in [4.69, 9.17) is 9.47 Å². The van der Waals surface area contributed by atoms with Crippen LogP contribution in [-0.2, 0) is 38.3 Å². The van der Waals surface area contributed by atoms with E-state index in [2.05, 4.69) is 9.71 Å². The summed E-state index contributed by atoms with van der Waals surface area (Å²) in [5.74, 6) is 0.192. The van der Waals surface area contributed by atoms with Crippen LogP contribution in [0.3, 0.4) is 0 Å². The third-order valence-electron chi connectivity index (χ3n) is 7.33. The minimum atomic E-state index is -3.96. The molecule has 0 unspecified atom stereocenters.